The second-order valence-corrected chi connectivity index (χ2v) is 4.52. The first-order valence-electron chi connectivity index (χ1n) is 6.30. The first kappa shape index (κ1) is 15.6. The number of hydrogen-bond donors (Lipinski definition) is 0. The van der Waals surface area contributed by atoms with Crippen LogP contribution in [0.3, 0.4) is 0 Å². The predicted molar refractivity (Wildman–Crippen MR) is 82.7 cm³/mol. The molecule has 0 aliphatic carbocycles. The summed E-state index contributed by atoms with van der Waals surface area (Å²) in [6.45, 7) is 11.2. The molecule has 0 unspecified atom stereocenters. The molecule has 0 fully saturated rings. The highest BCUT2D eigenvalue weighted by Gasteiger charge is 2.16. The van der Waals surface area contributed by atoms with E-state index < -0.39 is 0 Å². The van der Waals surface area contributed by atoms with E-state index in [1.165, 1.54) is 11.1 Å². The van der Waals surface area contributed by atoms with Gasteiger partial charge >= 0.3 is 0 Å². The number of rotatable bonds is 5. The molecule has 0 N–H and O–H groups in total. The minimum absolute atomic E-state index is 0. The monoisotopic (exact) mass is 280 g/mol. The summed E-state index contributed by atoms with van der Waals surface area (Å²) < 4.78 is 5.87. The van der Waals surface area contributed by atoms with Gasteiger partial charge in [-0.15, -0.1) is 19.0 Å². The van der Waals surface area contributed by atoms with Crippen molar-refractivity contribution in [2.75, 3.05) is 26.2 Å². The second-order valence-electron chi connectivity index (χ2n) is 4.52. The Morgan fingerprint density at radius 3 is 2.95 bits per heavy atom. The van der Waals surface area contributed by atoms with Gasteiger partial charge in [-0.3, -0.25) is 4.99 Å². The van der Waals surface area contributed by atoms with Gasteiger partial charge < -0.3 is 9.64 Å². The first-order valence-corrected chi connectivity index (χ1v) is 6.30. The number of amidine groups is 1. The van der Waals surface area contributed by atoms with Crippen LogP contribution >= 0.6 is 12.4 Å². The van der Waals surface area contributed by atoms with Gasteiger partial charge in [0, 0.05) is 13.1 Å². The van der Waals surface area contributed by atoms with E-state index in [0.29, 0.717) is 6.61 Å². The molecular weight excluding hydrogens is 260 g/mol. The fraction of sp³-hybridized carbons (Fsp3) is 0.400. The van der Waals surface area contributed by atoms with E-state index in [4.69, 9.17) is 4.74 Å². The highest BCUT2D eigenvalue weighted by atomic mass is 35.5. The van der Waals surface area contributed by atoms with Crippen molar-refractivity contribution < 1.29 is 4.74 Å². The van der Waals surface area contributed by atoms with Gasteiger partial charge in [-0.05, 0) is 31.0 Å². The highest BCUT2D eigenvalue weighted by Crippen LogP contribution is 2.20. The Labute approximate surface area is 121 Å². The third-order valence-electron chi connectivity index (χ3n) is 3.29. The van der Waals surface area contributed by atoms with Gasteiger partial charge in [-0.2, -0.15) is 0 Å². The van der Waals surface area contributed by atoms with Gasteiger partial charge in [-0.25, -0.2) is 0 Å². The molecule has 0 saturated heterocycles. The molecule has 0 aromatic heterocycles. The molecule has 0 bridgehead atoms. The maximum absolute atomic E-state index is 5.87. The van der Waals surface area contributed by atoms with E-state index in [9.17, 15) is 0 Å². The maximum atomic E-state index is 5.87. The van der Waals surface area contributed by atoms with Gasteiger partial charge in [0.1, 0.15) is 18.2 Å². The standard InChI is InChI=1S/C15H20N2O.ClH/c1-4-9-17-10-8-16-15(17)11-18-14-7-5-6-12(2)13(14)3;/h4-7H,1,8-11H2,2-3H3;1H. The molecule has 1 aliphatic heterocycles. The van der Waals surface area contributed by atoms with Crippen LogP contribution in [-0.4, -0.2) is 37.0 Å². The zero-order valence-electron chi connectivity index (χ0n) is 11.6. The van der Waals surface area contributed by atoms with Crippen LogP contribution < -0.4 is 4.74 Å². The molecule has 0 radical (unpaired) electrons. The van der Waals surface area contributed by atoms with Crippen LogP contribution in [0.1, 0.15) is 11.1 Å². The van der Waals surface area contributed by atoms with Gasteiger partial charge in [-0.1, -0.05) is 18.2 Å². The van der Waals surface area contributed by atoms with E-state index in [-0.39, 0.29) is 12.4 Å². The van der Waals surface area contributed by atoms with Crippen LogP contribution in [0.2, 0.25) is 0 Å². The smallest absolute Gasteiger partial charge is 0.145 e. The Hall–Kier alpha value is -1.48. The highest BCUT2D eigenvalue weighted by molar-refractivity contribution is 5.85. The molecule has 1 heterocycles. The van der Waals surface area contributed by atoms with Crippen LogP contribution in [0.15, 0.2) is 35.8 Å². The zero-order chi connectivity index (χ0) is 13.0. The summed E-state index contributed by atoms with van der Waals surface area (Å²) in [6.07, 6.45) is 1.90. The van der Waals surface area contributed by atoms with Crippen LogP contribution in [0.5, 0.6) is 5.75 Å². The lowest BCUT2D eigenvalue weighted by atomic mass is 10.1. The topological polar surface area (TPSA) is 24.8 Å². The van der Waals surface area contributed by atoms with Crippen molar-refractivity contribution in [1.29, 1.82) is 0 Å². The molecule has 1 aromatic carbocycles. The predicted octanol–water partition coefficient (Wildman–Crippen LogP) is 3.00. The Morgan fingerprint density at radius 2 is 2.21 bits per heavy atom. The molecule has 2 rings (SSSR count). The molecule has 0 spiro atoms. The average Bonchev–Trinajstić information content (AvgIpc) is 2.79. The number of halogens is 1. The minimum Gasteiger partial charge on any atom is -0.485 e. The van der Waals surface area contributed by atoms with Gasteiger partial charge in [0.2, 0.25) is 0 Å². The molecule has 1 aliphatic rings. The summed E-state index contributed by atoms with van der Waals surface area (Å²) in [5, 5.41) is 0. The maximum Gasteiger partial charge on any atom is 0.145 e. The van der Waals surface area contributed by atoms with Crippen molar-refractivity contribution >= 4 is 18.2 Å². The van der Waals surface area contributed by atoms with Crippen LogP contribution in [-0.2, 0) is 0 Å². The SMILES string of the molecule is C=CCN1CCN=C1COc1cccc(C)c1C.Cl. The fourth-order valence-electron chi connectivity index (χ4n) is 2.04. The summed E-state index contributed by atoms with van der Waals surface area (Å²) in [7, 11) is 0. The lowest BCUT2D eigenvalue weighted by Crippen LogP contribution is -2.32. The van der Waals surface area contributed by atoms with Crippen molar-refractivity contribution in [2.45, 2.75) is 13.8 Å². The van der Waals surface area contributed by atoms with E-state index in [1.54, 1.807) is 0 Å². The van der Waals surface area contributed by atoms with Crippen LogP contribution in [0, 0.1) is 13.8 Å². The summed E-state index contributed by atoms with van der Waals surface area (Å²) in [5.74, 6) is 1.97. The number of aryl methyl sites for hydroxylation is 1. The Bertz CT molecular complexity index is 471. The van der Waals surface area contributed by atoms with E-state index >= 15 is 0 Å². The number of ether oxygens (including phenoxy) is 1. The summed E-state index contributed by atoms with van der Waals surface area (Å²) in [4.78, 5) is 6.68. The number of benzene rings is 1. The molecule has 19 heavy (non-hydrogen) atoms. The molecule has 3 nitrogen and oxygen atoms in total. The summed E-state index contributed by atoms with van der Waals surface area (Å²) in [5.41, 5.74) is 2.45. The number of aliphatic imine (C=N–C) groups is 1. The second kappa shape index (κ2) is 7.19. The summed E-state index contributed by atoms with van der Waals surface area (Å²) in [6, 6.07) is 6.13. The van der Waals surface area contributed by atoms with E-state index in [1.807, 2.05) is 18.2 Å². The van der Waals surface area contributed by atoms with E-state index in [0.717, 1.165) is 31.2 Å². The Kier molecular flexibility index (Phi) is 5.90. The summed E-state index contributed by atoms with van der Waals surface area (Å²) >= 11 is 0. The van der Waals surface area contributed by atoms with E-state index in [2.05, 4.69) is 36.4 Å². The van der Waals surface area contributed by atoms with Gasteiger partial charge in [0.15, 0.2) is 0 Å². The molecule has 0 atom stereocenters. The number of nitrogens with zero attached hydrogens (tertiary/aromatic N) is 2. The molecule has 1 aromatic rings. The largest absolute Gasteiger partial charge is 0.485 e. The van der Waals surface area contributed by atoms with Crippen molar-refractivity contribution in [3.8, 4) is 5.75 Å². The molecular formula is C15H21ClN2O. The van der Waals surface area contributed by atoms with Crippen LogP contribution in [0.25, 0.3) is 0 Å². The first-order chi connectivity index (χ1) is 8.72. The van der Waals surface area contributed by atoms with Crippen molar-refractivity contribution in [3.63, 3.8) is 0 Å². The quantitative estimate of drug-likeness (QED) is 0.775. The van der Waals surface area contributed by atoms with Crippen molar-refractivity contribution in [1.82, 2.24) is 4.90 Å². The third-order valence-corrected chi connectivity index (χ3v) is 3.29. The number of hydrogen-bond acceptors (Lipinski definition) is 3. The molecule has 104 valence electrons. The molecule has 4 heteroatoms. The molecule has 0 amide bonds. The van der Waals surface area contributed by atoms with Gasteiger partial charge in [0.05, 0.1) is 6.54 Å². The Balaban J connectivity index is 0.00000180. The minimum atomic E-state index is 0. The third kappa shape index (κ3) is 3.74. The zero-order valence-corrected chi connectivity index (χ0v) is 12.4. The fourth-order valence-corrected chi connectivity index (χ4v) is 2.04. The van der Waals surface area contributed by atoms with Crippen molar-refractivity contribution in [2.24, 2.45) is 4.99 Å². The van der Waals surface area contributed by atoms with Crippen LogP contribution in [0.4, 0.5) is 0 Å². The molecule has 0 saturated carbocycles. The average molecular weight is 281 g/mol. The Morgan fingerprint density at radius 1 is 1.42 bits per heavy atom. The lowest BCUT2D eigenvalue weighted by Gasteiger charge is -2.19. The normalized spacial score (nSPS) is 13.8. The van der Waals surface area contributed by atoms with Crippen molar-refractivity contribution in [3.05, 3.63) is 42.0 Å². The lowest BCUT2D eigenvalue weighted by molar-refractivity contribution is 0.351. The van der Waals surface area contributed by atoms with Gasteiger partial charge in [0.25, 0.3) is 0 Å².